The quantitative estimate of drug-likeness (QED) is 0.881. The van der Waals surface area contributed by atoms with Crippen LogP contribution in [0.25, 0.3) is 0 Å². The molecule has 1 aliphatic rings. The Kier molecular flexibility index (Phi) is 7.30. The lowest BCUT2D eigenvalue weighted by Crippen LogP contribution is -2.41. The van der Waals surface area contributed by atoms with Crippen LogP contribution in [-0.2, 0) is 16.1 Å². The van der Waals surface area contributed by atoms with Gasteiger partial charge in [0.15, 0.2) is 0 Å². The molecule has 1 aromatic carbocycles. The molecule has 1 atom stereocenters. The fraction of sp³-hybridized carbons (Fsp3) is 0.600. The zero-order chi connectivity index (χ0) is 19.0. The molecule has 6 heteroatoms. The third kappa shape index (κ3) is 7.33. The predicted octanol–water partition coefficient (Wildman–Crippen LogP) is 3.95. The molecule has 0 aliphatic carbocycles. The Morgan fingerprint density at radius 2 is 1.92 bits per heavy atom. The Morgan fingerprint density at radius 3 is 2.62 bits per heavy atom. The maximum absolute atomic E-state index is 12.3. The molecule has 6 nitrogen and oxygen atoms in total. The van der Waals surface area contributed by atoms with Gasteiger partial charge in [0.05, 0.1) is 0 Å². The highest BCUT2D eigenvalue weighted by molar-refractivity contribution is 5.68. The lowest BCUT2D eigenvalue weighted by Gasteiger charge is -2.28. The Hall–Kier alpha value is -2.24. The van der Waals surface area contributed by atoms with Crippen molar-refractivity contribution in [1.82, 2.24) is 10.2 Å². The van der Waals surface area contributed by atoms with Crippen LogP contribution >= 0.6 is 0 Å². The van der Waals surface area contributed by atoms with Crippen LogP contribution in [0, 0.1) is 5.92 Å². The molecule has 1 aliphatic heterocycles. The van der Waals surface area contributed by atoms with E-state index in [4.69, 9.17) is 9.47 Å². The first-order valence-corrected chi connectivity index (χ1v) is 9.26. The Balaban J connectivity index is 1.76. The summed E-state index contributed by atoms with van der Waals surface area (Å²) in [6.07, 6.45) is 2.25. The SMILES string of the molecule is CC(C)(C)OC(=O)N1CCCCC(CNC(=O)OCc2ccccc2)C1. The minimum atomic E-state index is -0.502. The fourth-order valence-corrected chi connectivity index (χ4v) is 2.89. The third-order valence-corrected chi connectivity index (χ3v) is 4.17. The number of carbonyl (C=O) groups is 2. The van der Waals surface area contributed by atoms with Gasteiger partial charge in [0.2, 0.25) is 0 Å². The van der Waals surface area contributed by atoms with Crippen molar-refractivity contribution in [3.8, 4) is 0 Å². The van der Waals surface area contributed by atoms with Crippen LogP contribution in [0.4, 0.5) is 9.59 Å². The maximum Gasteiger partial charge on any atom is 0.410 e. The van der Waals surface area contributed by atoms with E-state index < -0.39 is 11.7 Å². The number of nitrogens with one attached hydrogen (secondary N) is 1. The minimum absolute atomic E-state index is 0.203. The highest BCUT2D eigenvalue weighted by Crippen LogP contribution is 2.18. The highest BCUT2D eigenvalue weighted by Gasteiger charge is 2.26. The summed E-state index contributed by atoms with van der Waals surface area (Å²) in [7, 11) is 0. The number of alkyl carbamates (subject to hydrolysis) is 1. The molecule has 1 fully saturated rings. The number of nitrogens with zero attached hydrogens (tertiary/aromatic N) is 1. The van der Waals surface area contributed by atoms with E-state index in [1.54, 1.807) is 4.90 Å². The average molecular weight is 362 g/mol. The van der Waals surface area contributed by atoms with E-state index in [2.05, 4.69) is 5.32 Å². The fourth-order valence-electron chi connectivity index (χ4n) is 2.89. The van der Waals surface area contributed by atoms with Gasteiger partial charge in [0, 0.05) is 19.6 Å². The molecule has 0 saturated carbocycles. The van der Waals surface area contributed by atoms with Gasteiger partial charge in [-0.3, -0.25) is 0 Å². The van der Waals surface area contributed by atoms with Gasteiger partial charge in [0.1, 0.15) is 12.2 Å². The second-order valence-corrected chi connectivity index (χ2v) is 7.73. The molecule has 1 saturated heterocycles. The standard InChI is InChI=1S/C20H30N2O4/c1-20(2,3)26-19(24)22-12-8-7-11-17(14-22)13-21-18(23)25-15-16-9-5-4-6-10-16/h4-6,9-10,17H,7-8,11-15H2,1-3H3,(H,21,23). The Bertz CT molecular complexity index is 583. The van der Waals surface area contributed by atoms with Crippen LogP contribution in [-0.4, -0.2) is 42.3 Å². The number of likely N-dealkylation sites (tertiary alicyclic amines) is 1. The van der Waals surface area contributed by atoms with E-state index in [0.717, 1.165) is 24.8 Å². The van der Waals surface area contributed by atoms with E-state index >= 15 is 0 Å². The summed E-state index contributed by atoms with van der Waals surface area (Å²) in [5, 5.41) is 2.82. The molecule has 144 valence electrons. The van der Waals surface area contributed by atoms with Crippen LogP contribution in [0.1, 0.15) is 45.6 Å². The van der Waals surface area contributed by atoms with Gasteiger partial charge in [0.25, 0.3) is 0 Å². The molecule has 0 aromatic heterocycles. The summed E-state index contributed by atoms with van der Waals surface area (Å²) in [5.74, 6) is 0.203. The summed E-state index contributed by atoms with van der Waals surface area (Å²) < 4.78 is 10.7. The smallest absolute Gasteiger partial charge is 0.410 e. The zero-order valence-corrected chi connectivity index (χ0v) is 16.0. The molecule has 2 amide bonds. The molecule has 1 N–H and O–H groups in total. The van der Waals surface area contributed by atoms with Crippen molar-refractivity contribution < 1.29 is 19.1 Å². The Morgan fingerprint density at radius 1 is 1.19 bits per heavy atom. The molecule has 0 bridgehead atoms. The number of rotatable bonds is 4. The Labute approximate surface area is 155 Å². The van der Waals surface area contributed by atoms with E-state index in [9.17, 15) is 9.59 Å². The summed E-state index contributed by atoms with van der Waals surface area (Å²) in [6, 6.07) is 9.57. The van der Waals surface area contributed by atoms with Crippen LogP contribution in [0.2, 0.25) is 0 Å². The summed E-state index contributed by atoms with van der Waals surface area (Å²) in [6.45, 7) is 7.63. The number of amides is 2. The van der Waals surface area contributed by atoms with Gasteiger partial charge in [-0.25, -0.2) is 9.59 Å². The molecular formula is C20H30N2O4. The van der Waals surface area contributed by atoms with E-state index in [0.29, 0.717) is 19.6 Å². The summed E-state index contributed by atoms with van der Waals surface area (Å²) in [4.78, 5) is 26.0. The van der Waals surface area contributed by atoms with Crippen LogP contribution < -0.4 is 5.32 Å². The third-order valence-electron chi connectivity index (χ3n) is 4.17. The molecule has 26 heavy (non-hydrogen) atoms. The van der Waals surface area contributed by atoms with Crippen LogP contribution in [0.5, 0.6) is 0 Å². The second kappa shape index (κ2) is 9.46. The molecule has 1 unspecified atom stereocenters. The second-order valence-electron chi connectivity index (χ2n) is 7.73. The lowest BCUT2D eigenvalue weighted by molar-refractivity contribution is 0.0234. The molecule has 1 aromatic rings. The average Bonchev–Trinajstić information content (AvgIpc) is 2.83. The van der Waals surface area contributed by atoms with E-state index in [1.807, 2.05) is 51.1 Å². The number of benzene rings is 1. The minimum Gasteiger partial charge on any atom is -0.445 e. The zero-order valence-electron chi connectivity index (χ0n) is 16.0. The largest absolute Gasteiger partial charge is 0.445 e. The normalized spacial score (nSPS) is 18.0. The van der Waals surface area contributed by atoms with Gasteiger partial charge in [-0.1, -0.05) is 36.8 Å². The first kappa shape index (κ1) is 20.1. The summed E-state index contributed by atoms with van der Waals surface area (Å²) >= 11 is 0. The maximum atomic E-state index is 12.3. The monoisotopic (exact) mass is 362 g/mol. The van der Waals surface area contributed by atoms with Crippen molar-refractivity contribution in [2.75, 3.05) is 19.6 Å². The first-order valence-electron chi connectivity index (χ1n) is 9.26. The summed E-state index contributed by atoms with van der Waals surface area (Å²) in [5.41, 5.74) is 0.450. The van der Waals surface area contributed by atoms with Crippen LogP contribution in [0.15, 0.2) is 30.3 Å². The lowest BCUT2D eigenvalue weighted by atomic mass is 10.0. The van der Waals surface area contributed by atoms with Crippen molar-refractivity contribution in [3.63, 3.8) is 0 Å². The van der Waals surface area contributed by atoms with E-state index in [-0.39, 0.29) is 18.6 Å². The number of hydrogen-bond donors (Lipinski definition) is 1. The van der Waals surface area contributed by atoms with Gasteiger partial charge in [-0.2, -0.15) is 0 Å². The number of carbonyl (C=O) groups excluding carboxylic acids is 2. The number of hydrogen-bond acceptors (Lipinski definition) is 4. The van der Waals surface area contributed by atoms with E-state index in [1.165, 1.54) is 0 Å². The van der Waals surface area contributed by atoms with Crippen LogP contribution in [0.3, 0.4) is 0 Å². The molecule has 1 heterocycles. The van der Waals surface area contributed by atoms with Crippen molar-refractivity contribution >= 4 is 12.2 Å². The molecule has 0 spiro atoms. The highest BCUT2D eigenvalue weighted by atomic mass is 16.6. The van der Waals surface area contributed by atoms with Crippen molar-refractivity contribution in [1.29, 1.82) is 0 Å². The number of ether oxygens (including phenoxy) is 2. The van der Waals surface area contributed by atoms with Crippen molar-refractivity contribution in [3.05, 3.63) is 35.9 Å². The van der Waals surface area contributed by atoms with Gasteiger partial charge < -0.3 is 19.7 Å². The molecule has 0 radical (unpaired) electrons. The van der Waals surface area contributed by atoms with Gasteiger partial charge >= 0.3 is 12.2 Å². The topological polar surface area (TPSA) is 67.9 Å². The first-order chi connectivity index (χ1) is 12.3. The molecular weight excluding hydrogens is 332 g/mol. The molecule has 2 rings (SSSR count). The van der Waals surface area contributed by atoms with Gasteiger partial charge in [-0.15, -0.1) is 0 Å². The predicted molar refractivity (Wildman–Crippen MR) is 99.8 cm³/mol. The van der Waals surface area contributed by atoms with Gasteiger partial charge in [-0.05, 0) is 45.1 Å². The van der Waals surface area contributed by atoms with Crippen molar-refractivity contribution in [2.45, 2.75) is 52.2 Å². The van der Waals surface area contributed by atoms with Crippen molar-refractivity contribution in [2.24, 2.45) is 5.92 Å².